The first-order valence-electron chi connectivity index (χ1n) is 8.50. The Hall–Kier alpha value is -2.89. The number of halogens is 1. The van der Waals surface area contributed by atoms with Gasteiger partial charge in [0, 0.05) is 19.0 Å². The maximum Gasteiger partial charge on any atom is 0.221 e. The Morgan fingerprint density at radius 2 is 1.92 bits per heavy atom. The molecule has 2 N–H and O–H groups in total. The van der Waals surface area contributed by atoms with Crippen LogP contribution >= 0.6 is 0 Å². The van der Waals surface area contributed by atoms with Crippen LogP contribution in [0.15, 0.2) is 48.5 Å². The predicted octanol–water partition coefficient (Wildman–Crippen LogP) is 3.82. The average Bonchev–Trinajstić information content (AvgIpc) is 2.59. The van der Waals surface area contributed by atoms with E-state index in [2.05, 4.69) is 10.6 Å². The molecule has 26 heavy (non-hydrogen) atoms. The van der Waals surface area contributed by atoms with Gasteiger partial charge in [0.1, 0.15) is 0 Å². The summed E-state index contributed by atoms with van der Waals surface area (Å²) in [6.45, 7) is 3.59. The van der Waals surface area contributed by atoms with Crippen LogP contribution in [0.5, 0.6) is 5.75 Å². The zero-order valence-electron chi connectivity index (χ0n) is 14.9. The van der Waals surface area contributed by atoms with Crippen molar-refractivity contribution in [1.29, 1.82) is 0 Å². The van der Waals surface area contributed by atoms with Crippen LogP contribution in [-0.2, 0) is 9.59 Å². The summed E-state index contributed by atoms with van der Waals surface area (Å²) in [7, 11) is 0. The van der Waals surface area contributed by atoms with Crippen molar-refractivity contribution in [2.24, 2.45) is 0 Å². The van der Waals surface area contributed by atoms with Crippen molar-refractivity contribution in [2.45, 2.75) is 32.7 Å². The summed E-state index contributed by atoms with van der Waals surface area (Å²) in [6, 6.07) is 13.3. The van der Waals surface area contributed by atoms with Gasteiger partial charge in [-0.3, -0.25) is 9.59 Å². The SMILES string of the molecule is CC(=O)Nc1cccc(C(C)NC(=O)CCCOc2ccccc2F)c1. The van der Waals surface area contributed by atoms with Gasteiger partial charge in [-0.1, -0.05) is 24.3 Å². The van der Waals surface area contributed by atoms with E-state index in [0.717, 1.165) is 5.56 Å². The Morgan fingerprint density at radius 3 is 2.65 bits per heavy atom. The van der Waals surface area contributed by atoms with E-state index in [9.17, 15) is 14.0 Å². The van der Waals surface area contributed by atoms with Crippen LogP contribution in [0, 0.1) is 5.82 Å². The second-order valence-electron chi connectivity index (χ2n) is 5.98. The Labute approximate surface area is 152 Å². The van der Waals surface area contributed by atoms with Crippen molar-refractivity contribution in [2.75, 3.05) is 11.9 Å². The van der Waals surface area contributed by atoms with Crippen molar-refractivity contribution in [3.8, 4) is 5.75 Å². The maximum atomic E-state index is 13.4. The molecule has 2 amide bonds. The highest BCUT2D eigenvalue weighted by Crippen LogP contribution is 2.18. The number of anilines is 1. The smallest absolute Gasteiger partial charge is 0.221 e. The third-order valence-corrected chi connectivity index (χ3v) is 3.73. The highest BCUT2D eigenvalue weighted by atomic mass is 19.1. The summed E-state index contributed by atoms with van der Waals surface area (Å²) < 4.78 is 18.8. The molecule has 0 spiro atoms. The minimum absolute atomic E-state index is 0.112. The highest BCUT2D eigenvalue weighted by molar-refractivity contribution is 5.88. The fraction of sp³-hybridized carbons (Fsp3) is 0.300. The standard InChI is InChI=1S/C20H23FN2O3/c1-14(16-7-5-8-17(13-16)23-15(2)24)22-20(25)11-6-12-26-19-10-4-3-9-18(19)21/h3-5,7-10,13-14H,6,11-12H2,1-2H3,(H,22,25)(H,23,24). The summed E-state index contributed by atoms with van der Waals surface area (Å²) in [4.78, 5) is 23.2. The molecular weight excluding hydrogens is 335 g/mol. The molecule has 5 nitrogen and oxygen atoms in total. The number of benzene rings is 2. The van der Waals surface area contributed by atoms with Gasteiger partial charge in [-0.05, 0) is 43.2 Å². The van der Waals surface area contributed by atoms with E-state index in [1.807, 2.05) is 25.1 Å². The Morgan fingerprint density at radius 1 is 1.15 bits per heavy atom. The van der Waals surface area contributed by atoms with E-state index in [1.165, 1.54) is 13.0 Å². The normalized spacial score (nSPS) is 11.5. The largest absolute Gasteiger partial charge is 0.491 e. The first-order valence-corrected chi connectivity index (χ1v) is 8.50. The highest BCUT2D eigenvalue weighted by Gasteiger charge is 2.10. The van der Waals surface area contributed by atoms with Crippen LogP contribution < -0.4 is 15.4 Å². The van der Waals surface area contributed by atoms with Crippen LogP contribution in [-0.4, -0.2) is 18.4 Å². The molecule has 6 heteroatoms. The number of hydrogen-bond acceptors (Lipinski definition) is 3. The zero-order valence-corrected chi connectivity index (χ0v) is 14.9. The monoisotopic (exact) mass is 358 g/mol. The summed E-state index contributed by atoms with van der Waals surface area (Å²) >= 11 is 0. The molecule has 138 valence electrons. The number of ether oxygens (including phenoxy) is 1. The molecule has 0 aliphatic heterocycles. The first kappa shape index (κ1) is 19.4. The topological polar surface area (TPSA) is 67.4 Å². The van der Waals surface area contributed by atoms with Gasteiger partial charge in [-0.25, -0.2) is 4.39 Å². The van der Waals surface area contributed by atoms with Crippen LogP contribution in [0.3, 0.4) is 0 Å². The van der Waals surface area contributed by atoms with Crippen LogP contribution in [0.25, 0.3) is 0 Å². The molecule has 1 atom stereocenters. The zero-order chi connectivity index (χ0) is 18.9. The lowest BCUT2D eigenvalue weighted by Crippen LogP contribution is -2.26. The molecule has 1 unspecified atom stereocenters. The number of amides is 2. The van der Waals surface area contributed by atoms with E-state index in [4.69, 9.17) is 4.74 Å². The molecule has 0 fully saturated rings. The third kappa shape index (κ3) is 6.20. The molecule has 2 aromatic carbocycles. The van der Waals surface area contributed by atoms with Gasteiger partial charge in [-0.2, -0.15) is 0 Å². The fourth-order valence-electron chi connectivity index (χ4n) is 2.46. The molecule has 0 aliphatic carbocycles. The van der Waals surface area contributed by atoms with Gasteiger partial charge in [0.2, 0.25) is 11.8 Å². The van der Waals surface area contributed by atoms with E-state index >= 15 is 0 Å². The van der Waals surface area contributed by atoms with Gasteiger partial charge in [0.05, 0.1) is 12.6 Å². The van der Waals surface area contributed by atoms with Crippen LogP contribution in [0.1, 0.15) is 38.3 Å². The molecule has 0 bridgehead atoms. The minimum atomic E-state index is -0.412. The summed E-state index contributed by atoms with van der Waals surface area (Å²) in [6.07, 6.45) is 0.767. The Kier molecular flexibility index (Phi) is 7.14. The summed E-state index contributed by atoms with van der Waals surface area (Å²) in [5, 5.41) is 5.62. The maximum absolute atomic E-state index is 13.4. The molecule has 0 aromatic heterocycles. The number of para-hydroxylation sites is 1. The molecular formula is C20H23FN2O3. The van der Waals surface area contributed by atoms with Gasteiger partial charge >= 0.3 is 0 Å². The lowest BCUT2D eigenvalue weighted by Gasteiger charge is -2.15. The lowest BCUT2D eigenvalue weighted by atomic mass is 10.1. The summed E-state index contributed by atoms with van der Waals surface area (Å²) in [5.41, 5.74) is 1.58. The molecule has 0 saturated heterocycles. The van der Waals surface area contributed by atoms with E-state index in [-0.39, 0.29) is 36.6 Å². The quantitative estimate of drug-likeness (QED) is 0.705. The van der Waals surface area contributed by atoms with Crippen molar-refractivity contribution in [3.05, 3.63) is 59.9 Å². The van der Waals surface area contributed by atoms with Crippen LogP contribution in [0.4, 0.5) is 10.1 Å². The Bertz CT molecular complexity index is 764. The molecule has 2 aromatic rings. The average molecular weight is 358 g/mol. The fourth-order valence-corrected chi connectivity index (χ4v) is 2.46. The molecule has 2 rings (SSSR count). The van der Waals surface area contributed by atoms with Gasteiger partial charge in [0.15, 0.2) is 11.6 Å². The number of nitrogens with one attached hydrogen (secondary N) is 2. The van der Waals surface area contributed by atoms with Crippen molar-refractivity contribution >= 4 is 17.5 Å². The second kappa shape index (κ2) is 9.56. The van der Waals surface area contributed by atoms with E-state index in [1.54, 1.807) is 24.3 Å². The summed E-state index contributed by atoms with van der Waals surface area (Å²) in [5.74, 6) is -0.478. The first-order chi connectivity index (χ1) is 12.5. The number of carbonyl (C=O) groups is 2. The predicted molar refractivity (Wildman–Crippen MR) is 98.4 cm³/mol. The van der Waals surface area contributed by atoms with Crippen molar-refractivity contribution < 1.29 is 18.7 Å². The molecule has 0 saturated carbocycles. The molecule has 0 heterocycles. The molecule has 0 radical (unpaired) electrons. The minimum Gasteiger partial charge on any atom is -0.491 e. The third-order valence-electron chi connectivity index (χ3n) is 3.73. The lowest BCUT2D eigenvalue weighted by molar-refractivity contribution is -0.122. The second-order valence-corrected chi connectivity index (χ2v) is 5.98. The van der Waals surface area contributed by atoms with Crippen molar-refractivity contribution in [3.63, 3.8) is 0 Å². The van der Waals surface area contributed by atoms with Gasteiger partial charge < -0.3 is 15.4 Å². The van der Waals surface area contributed by atoms with E-state index < -0.39 is 5.82 Å². The van der Waals surface area contributed by atoms with Gasteiger partial charge in [-0.15, -0.1) is 0 Å². The molecule has 0 aliphatic rings. The van der Waals surface area contributed by atoms with Crippen LogP contribution in [0.2, 0.25) is 0 Å². The van der Waals surface area contributed by atoms with Gasteiger partial charge in [0.25, 0.3) is 0 Å². The van der Waals surface area contributed by atoms with Crippen molar-refractivity contribution in [1.82, 2.24) is 5.32 Å². The number of rotatable bonds is 8. The number of carbonyl (C=O) groups excluding carboxylic acids is 2. The number of hydrogen-bond donors (Lipinski definition) is 2. The Balaban J connectivity index is 1.76. The van der Waals surface area contributed by atoms with E-state index in [0.29, 0.717) is 12.1 Å².